The predicted octanol–water partition coefficient (Wildman–Crippen LogP) is 1.22. The predicted molar refractivity (Wildman–Crippen MR) is 145 cm³/mol. The van der Waals surface area contributed by atoms with Crippen LogP contribution in [0, 0.1) is 23.2 Å². The van der Waals surface area contributed by atoms with Gasteiger partial charge >= 0.3 is 6.03 Å². The third-order valence-corrected chi connectivity index (χ3v) is 8.62. The van der Waals surface area contributed by atoms with Gasteiger partial charge in [0.25, 0.3) is 5.91 Å². The molecule has 11 heteroatoms. The molecule has 2 unspecified atom stereocenters. The molecule has 3 aliphatic rings. The first kappa shape index (κ1) is 30.8. The SMILES string of the molecule is CC(C)C1CCN(C(=O)[C@@H](NC(=O)NC2(CO)CCCC2)C(C)(C)C)[C@@H]1C(=O)NC(CC1CC1)C(=O)C(N)=O. The maximum absolute atomic E-state index is 14.0. The van der Waals surface area contributed by atoms with Crippen LogP contribution in [0.5, 0.6) is 0 Å². The van der Waals surface area contributed by atoms with E-state index in [2.05, 4.69) is 16.0 Å². The molecule has 0 aromatic heterocycles. The van der Waals surface area contributed by atoms with Crippen molar-refractivity contribution in [2.24, 2.45) is 28.9 Å². The van der Waals surface area contributed by atoms with Crippen LogP contribution < -0.4 is 21.7 Å². The van der Waals surface area contributed by atoms with Gasteiger partial charge in [-0.3, -0.25) is 19.2 Å². The number of nitrogens with two attached hydrogens (primary N) is 1. The van der Waals surface area contributed by atoms with Gasteiger partial charge in [0.15, 0.2) is 0 Å². The van der Waals surface area contributed by atoms with E-state index in [4.69, 9.17) is 5.73 Å². The molecule has 1 heterocycles. The second-order valence-electron chi connectivity index (χ2n) is 13.2. The van der Waals surface area contributed by atoms with E-state index in [0.29, 0.717) is 32.2 Å². The Hall–Kier alpha value is -2.69. The number of hydrogen-bond donors (Lipinski definition) is 5. The highest BCUT2D eigenvalue weighted by atomic mass is 16.3. The summed E-state index contributed by atoms with van der Waals surface area (Å²) < 4.78 is 0. The van der Waals surface area contributed by atoms with Crippen molar-refractivity contribution >= 4 is 29.5 Å². The molecule has 4 atom stereocenters. The molecule has 3 rings (SSSR count). The van der Waals surface area contributed by atoms with Gasteiger partial charge in [0.05, 0.1) is 18.2 Å². The number of carbonyl (C=O) groups is 5. The van der Waals surface area contributed by atoms with Gasteiger partial charge in [0, 0.05) is 6.54 Å². The molecule has 6 N–H and O–H groups in total. The molecule has 1 aliphatic heterocycles. The lowest BCUT2D eigenvalue weighted by Gasteiger charge is -2.38. The highest BCUT2D eigenvalue weighted by Gasteiger charge is 2.48. The summed E-state index contributed by atoms with van der Waals surface area (Å²) in [6.07, 6.45) is 5.95. The van der Waals surface area contributed by atoms with Crippen molar-refractivity contribution in [2.75, 3.05) is 13.2 Å². The number of hydrogen-bond acceptors (Lipinski definition) is 6. The van der Waals surface area contributed by atoms with Crippen LogP contribution in [0.1, 0.15) is 86.0 Å². The third kappa shape index (κ3) is 7.49. The highest BCUT2D eigenvalue weighted by molar-refractivity contribution is 6.37. The topological polar surface area (TPSA) is 171 Å². The van der Waals surface area contributed by atoms with Crippen LogP contribution >= 0.6 is 0 Å². The average molecular weight is 550 g/mol. The molecule has 0 bridgehead atoms. The average Bonchev–Trinajstić information content (AvgIpc) is 3.36. The highest BCUT2D eigenvalue weighted by Crippen LogP contribution is 2.36. The number of ketones is 1. The zero-order chi connectivity index (χ0) is 29.1. The number of aliphatic hydroxyl groups excluding tert-OH is 1. The molecule has 5 amide bonds. The smallest absolute Gasteiger partial charge is 0.315 e. The summed E-state index contributed by atoms with van der Waals surface area (Å²) in [4.78, 5) is 66.4. The Morgan fingerprint density at radius 3 is 2.13 bits per heavy atom. The van der Waals surface area contributed by atoms with Gasteiger partial charge in [0.2, 0.25) is 17.6 Å². The lowest BCUT2D eigenvalue weighted by atomic mass is 9.84. The van der Waals surface area contributed by atoms with E-state index in [-0.39, 0.29) is 30.3 Å². The lowest BCUT2D eigenvalue weighted by Crippen LogP contribution is -2.62. The molecule has 2 saturated carbocycles. The summed E-state index contributed by atoms with van der Waals surface area (Å²) in [5.41, 5.74) is 3.89. The van der Waals surface area contributed by atoms with Gasteiger partial charge in [-0.25, -0.2) is 4.79 Å². The normalized spacial score (nSPS) is 24.2. The standard InChI is InChI=1S/C28H47N5O6/c1-16(2)18-10-13-33(20(18)24(37)30-19(14-17-8-9-17)21(35)23(29)36)25(38)22(27(3,4)5)31-26(39)32-28(15-34)11-6-7-12-28/h16-20,22,34H,6-15H2,1-5H3,(H2,29,36)(H,30,37)(H2,31,32,39)/t18?,19?,20-,22+/m0/s1. The molecule has 2 aliphatic carbocycles. The third-order valence-electron chi connectivity index (χ3n) is 8.62. The second-order valence-corrected chi connectivity index (χ2v) is 13.2. The molecule has 0 spiro atoms. The lowest BCUT2D eigenvalue weighted by molar-refractivity contribution is -0.144. The van der Waals surface area contributed by atoms with Gasteiger partial charge in [-0.15, -0.1) is 0 Å². The van der Waals surface area contributed by atoms with Crippen LogP contribution in [0.2, 0.25) is 0 Å². The van der Waals surface area contributed by atoms with Crippen molar-refractivity contribution in [3.63, 3.8) is 0 Å². The van der Waals surface area contributed by atoms with Crippen molar-refractivity contribution in [2.45, 2.75) is 110 Å². The number of amides is 5. The zero-order valence-electron chi connectivity index (χ0n) is 24.0. The first-order chi connectivity index (χ1) is 18.2. The summed E-state index contributed by atoms with van der Waals surface area (Å²) in [7, 11) is 0. The first-order valence-electron chi connectivity index (χ1n) is 14.3. The Bertz CT molecular complexity index is 951. The van der Waals surface area contributed by atoms with E-state index >= 15 is 0 Å². The Morgan fingerprint density at radius 1 is 1.03 bits per heavy atom. The molecule has 220 valence electrons. The Labute approximate surface area is 231 Å². The Morgan fingerprint density at radius 2 is 1.64 bits per heavy atom. The van der Waals surface area contributed by atoms with Gasteiger partial charge in [-0.2, -0.15) is 0 Å². The van der Waals surface area contributed by atoms with Crippen LogP contribution in [-0.2, 0) is 19.2 Å². The monoisotopic (exact) mass is 549 g/mol. The van der Waals surface area contributed by atoms with E-state index in [9.17, 15) is 29.1 Å². The fourth-order valence-electron chi connectivity index (χ4n) is 6.04. The van der Waals surface area contributed by atoms with Crippen molar-refractivity contribution < 1.29 is 29.1 Å². The first-order valence-corrected chi connectivity index (χ1v) is 14.3. The molecule has 39 heavy (non-hydrogen) atoms. The molecular formula is C28H47N5O6. The summed E-state index contributed by atoms with van der Waals surface area (Å²) in [5, 5.41) is 18.4. The van der Waals surface area contributed by atoms with Gasteiger partial charge < -0.3 is 31.7 Å². The Balaban J connectivity index is 1.81. The summed E-state index contributed by atoms with van der Waals surface area (Å²) in [6.45, 7) is 9.65. The minimum Gasteiger partial charge on any atom is -0.394 e. The van der Waals surface area contributed by atoms with Crippen LogP contribution in [-0.4, -0.2) is 76.4 Å². The maximum atomic E-state index is 14.0. The van der Waals surface area contributed by atoms with Gasteiger partial charge in [-0.1, -0.05) is 60.3 Å². The van der Waals surface area contributed by atoms with Crippen molar-refractivity contribution in [1.29, 1.82) is 0 Å². The molecule has 3 fully saturated rings. The Kier molecular flexibility index (Phi) is 9.67. The number of aliphatic hydroxyl groups is 1. The fourth-order valence-corrected chi connectivity index (χ4v) is 6.04. The fraction of sp³-hybridized carbons (Fsp3) is 0.821. The number of Topliss-reactive ketones (excluding diaryl/α,β-unsaturated/α-hetero) is 1. The van der Waals surface area contributed by atoms with Gasteiger partial charge in [-0.05, 0) is 48.9 Å². The number of likely N-dealkylation sites (tertiary alicyclic amines) is 1. The summed E-state index contributed by atoms with van der Waals surface area (Å²) in [6, 6.07) is -3.34. The van der Waals surface area contributed by atoms with E-state index in [1.165, 1.54) is 4.90 Å². The van der Waals surface area contributed by atoms with Crippen LogP contribution in [0.3, 0.4) is 0 Å². The maximum Gasteiger partial charge on any atom is 0.315 e. The largest absolute Gasteiger partial charge is 0.394 e. The quantitative estimate of drug-likeness (QED) is 0.243. The van der Waals surface area contributed by atoms with Crippen LogP contribution in [0.4, 0.5) is 4.79 Å². The summed E-state index contributed by atoms with van der Waals surface area (Å²) >= 11 is 0. The number of nitrogens with one attached hydrogen (secondary N) is 3. The number of urea groups is 1. The molecule has 0 aromatic carbocycles. The van der Waals surface area contributed by atoms with E-state index in [1.807, 2.05) is 34.6 Å². The molecule has 0 radical (unpaired) electrons. The second kappa shape index (κ2) is 12.2. The minimum atomic E-state index is -1.09. The van der Waals surface area contributed by atoms with E-state index in [1.54, 1.807) is 0 Å². The molecule has 11 nitrogen and oxygen atoms in total. The number of rotatable bonds is 11. The number of carbonyl (C=O) groups excluding carboxylic acids is 5. The molecular weight excluding hydrogens is 502 g/mol. The van der Waals surface area contributed by atoms with Crippen LogP contribution in [0.25, 0.3) is 0 Å². The van der Waals surface area contributed by atoms with Gasteiger partial charge in [0.1, 0.15) is 12.1 Å². The minimum absolute atomic E-state index is 0.0726. The van der Waals surface area contributed by atoms with Crippen molar-refractivity contribution in [3.8, 4) is 0 Å². The molecule has 0 aromatic rings. The number of primary amides is 1. The van der Waals surface area contributed by atoms with Crippen LogP contribution in [0.15, 0.2) is 0 Å². The van der Waals surface area contributed by atoms with Crippen molar-refractivity contribution in [1.82, 2.24) is 20.9 Å². The zero-order valence-corrected chi connectivity index (χ0v) is 24.0. The number of nitrogens with zero attached hydrogens (tertiary/aromatic N) is 1. The van der Waals surface area contributed by atoms with E-state index in [0.717, 1.165) is 25.7 Å². The van der Waals surface area contributed by atoms with E-state index < -0.39 is 52.7 Å². The van der Waals surface area contributed by atoms with Crippen molar-refractivity contribution in [3.05, 3.63) is 0 Å². The molecule has 1 saturated heterocycles. The summed E-state index contributed by atoms with van der Waals surface area (Å²) in [5.74, 6) is -2.62.